The summed E-state index contributed by atoms with van der Waals surface area (Å²) in [6.45, 7) is 3.91. The van der Waals surface area contributed by atoms with Crippen LogP contribution in [0.15, 0.2) is 46.9 Å². The van der Waals surface area contributed by atoms with Crippen molar-refractivity contribution in [3.05, 3.63) is 52.5 Å². The molecule has 1 aliphatic rings. The molecule has 6 nitrogen and oxygen atoms in total. The zero-order valence-corrected chi connectivity index (χ0v) is 19.2. The number of thiocarbonyl (C=S) groups is 1. The molecule has 1 saturated heterocycles. The molecule has 0 aromatic heterocycles. The molecule has 1 fully saturated rings. The quantitative estimate of drug-likeness (QED) is 0.509. The van der Waals surface area contributed by atoms with Gasteiger partial charge in [0.2, 0.25) is 0 Å². The highest BCUT2D eigenvalue weighted by Gasteiger charge is 2.16. The van der Waals surface area contributed by atoms with Crippen molar-refractivity contribution in [2.75, 3.05) is 25.1 Å². The first-order chi connectivity index (χ1) is 14.5. The van der Waals surface area contributed by atoms with Gasteiger partial charge in [-0.2, -0.15) is 0 Å². The van der Waals surface area contributed by atoms with Crippen LogP contribution in [0.1, 0.15) is 36.5 Å². The molecule has 2 aromatic carbocycles. The fourth-order valence-corrected chi connectivity index (χ4v) is 3.52. The number of halogens is 1. The van der Waals surface area contributed by atoms with Gasteiger partial charge in [0.1, 0.15) is 18.1 Å². The van der Waals surface area contributed by atoms with Gasteiger partial charge in [-0.1, -0.05) is 22.9 Å². The molecule has 1 aliphatic heterocycles. The van der Waals surface area contributed by atoms with E-state index in [1.165, 1.54) is 0 Å². The van der Waals surface area contributed by atoms with Gasteiger partial charge in [-0.25, -0.2) is 0 Å². The third-order valence-electron chi connectivity index (χ3n) is 4.45. The molecule has 8 heteroatoms. The maximum atomic E-state index is 12.7. The topological polar surface area (TPSA) is 68.8 Å². The zero-order chi connectivity index (χ0) is 21.3. The van der Waals surface area contributed by atoms with Crippen LogP contribution in [-0.4, -0.2) is 36.9 Å². The fraction of sp³-hybridized carbons (Fsp3) is 0.364. The van der Waals surface area contributed by atoms with Crippen LogP contribution in [0, 0.1) is 0 Å². The second-order valence-corrected chi connectivity index (χ2v) is 8.19. The molecular formula is C22H25BrN2O4S. The van der Waals surface area contributed by atoms with E-state index < -0.39 is 0 Å². The molecule has 0 bridgehead atoms. The highest BCUT2D eigenvalue weighted by Crippen LogP contribution is 2.24. The Morgan fingerprint density at radius 3 is 2.73 bits per heavy atom. The second-order valence-electron chi connectivity index (χ2n) is 6.87. The van der Waals surface area contributed by atoms with Gasteiger partial charge in [0.05, 0.1) is 18.3 Å². The van der Waals surface area contributed by atoms with Gasteiger partial charge in [-0.05, 0) is 73.9 Å². The third kappa shape index (κ3) is 6.68. The fourth-order valence-electron chi connectivity index (χ4n) is 2.95. The largest absolute Gasteiger partial charge is 0.493 e. The first kappa shape index (κ1) is 22.5. The summed E-state index contributed by atoms with van der Waals surface area (Å²) in [5.74, 6) is 0.947. The lowest BCUT2D eigenvalue weighted by Gasteiger charge is -2.14. The van der Waals surface area contributed by atoms with Crippen molar-refractivity contribution in [3.8, 4) is 11.5 Å². The van der Waals surface area contributed by atoms with Crippen molar-refractivity contribution >= 4 is 44.9 Å². The van der Waals surface area contributed by atoms with Crippen LogP contribution in [0.25, 0.3) is 0 Å². The van der Waals surface area contributed by atoms with Gasteiger partial charge in [0.25, 0.3) is 5.91 Å². The Balaban J connectivity index is 1.53. The lowest BCUT2D eigenvalue weighted by atomic mass is 10.2. The molecule has 1 atom stereocenters. The molecule has 0 radical (unpaired) electrons. The monoisotopic (exact) mass is 492 g/mol. The van der Waals surface area contributed by atoms with Gasteiger partial charge < -0.3 is 19.5 Å². The second kappa shape index (κ2) is 11.3. The summed E-state index contributed by atoms with van der Waals surface area (Å²) in [7, 11) is 0. The molecule has 1 unspecified atom stereocenters. The maximum Gasteiger partial charge on any atom is 0.261 e. The van der Waals surface area contributed by atoms with Crippen LogP contribution in [0.2, 0.25) is 0 Å². The first-order valence-electron chi connectivity index (χ1n) is 9.94. The summed E-state index contributed by atoms with van der Waals surface area (Å²) in [6, 6.07) is 12.7. The highest BCUT2D eigenvalue weighted by molar-refractivity contribution is 9.10. The summed E-state index contributed by atoms with van der Waals surface area (Å²) in [6.07, 6.45) is 3.16. The molecular weight excluding hydrogens is 468 g/mol. The molecule has 160 valence electrons. The average Bonchev–Trinajstić information content (AvgIpc) is 3.26. The van der Waals surface area contributed by atoms with E-state index in [1.807, 2.05) is 37.3 Å². The number of ether oxygens (including phenoxy) is 3. The molecule has 0 spiro atoms. The minimum absolute atomic E-state index is 0.176. The molecule has 30 heavy (non-hydrogen) atoms. The van der Waals surface area contributed by atoms with Crippen molar-refractivity contribution in [2.45, 2.75) is 32.3 Å². The smallest absolute Gasteiger partial charge is 0.261 e. The molecule has 3 rings (SSSR count). The number of rotatable bonds is 8. The van der Waals surface area contributed by atoms with Crippen molar-refractivity contribution in [2.24, 2.45) is 0 Å². The van der Waals surface area contributed by atoms with E-state index in [4.69, 9.17) is 26.4 Å². The van der Waals surface area contributed by atoms with Crippen molar-refractivity contribution < 1.29 is 19.0 Å². The molecule has 1 amide bonds. The Morgan fingerprint density at radius 1 is 1.23 bits per heavy atom. The van der Waals surface area contributed by atoms with Crippen molar-refractivity contribution in [1.82, 2.24) is 5.32 Å². The van der Waals surface area contributed by atoms with Crippen LogP contribution in [-0.2, 0) is 4.74 Å². The van der Waals surface area contributed by atoms with Gasteiger partial charge in [0.15, 0.2) is 5.11 Å². The van der Waals surface area contributed by atoms with Crippen LogP contribution in [0.3, 0.4) is 0 Å². The van der Waals surface area contributed by atoms with E-state index in [9.17, 15) is 4.79 Å². The van der Waals surface area contributed by atoms with Crippen molar-refractivity contribution in [3.63, 3.8) is 0 Å². The van der Waals surface area contributed by atoms with E-state index >= 15 is 0 Å². The summed E-state index contributed by atoms with van der Waals surface area (Å²) in [5.41, 5.74) is 1.17. The third-order valence-corrected chi connectivity index (χ3v) is 5.14. The van der Waals surface area contributed by atoms with Crippen LogP contribution < -0.4 is 20.1 Å². The van der Waals surface area contributed by atoms with Gasteiger partial charge in [0, 0.05) is 16.8 Å². The van der Waals surface area contributed by atoms with Crippen molar-refractivity contribution in [1.29, 1.82) is 0 Å². The van der Waals surface area contributed by atoms with E-state index in [0.717, 1.165) is 41.8 Å². The number of hydrogen-bond donors (Lipinski definition) is 2. The highest BCUT2D eigenvalue weighted by atomic mass is 79.9. The number of carbonyl (C=O) groups excluding carboxylic acids is 1. The minimum Gasteiger partial charge on any atom is -0.493 e. The standard InChI is InChI=1S/C22H25BrN2O4S/c1-2-11-28-20-10-5-15(23)13-19(20)21(26)25-22(30)24-16-6-8-17(9-7-16)29-14-18-4-3-12-27-18/h5-10,13,18H,2-4,11-12,14H2,1H3,(H2,24,25,26,30). The van der Waals surface area contributed by atoms with Gasteiger partial charge >= 0.3 is 0 Å². The van der Waals surface area contributed by atoms with Crippen LogP contribution in [0.4, 0.5) is 5.69 Å². The summed E-state index contributed by atoms with van der Waals surface area (Å²) < 4.78 is 17.8. The van der Waals surface area contributed by atoms with E-state index in [0.29, 0.717) is 24.5 Å². The Labute approximate surface area is 190 Å². The predicted octanol–water partition coefficient (Wildman–Crippen LogP) is 4.92. The Morgan fingerprint density at radius 2 is 2.03 bits per heavy atom. The normalized spacial score (nSPS) is 15.5. The minimum atomic E-state index is -0.337. The zero-order valence-electron chi connectivity index (χ0n) is 16.8. The summed E-state index contributed by atoms with van der Waals surface area (Å²) in [5, 5.41) is 5.91. The molecule has 0 saturated carbocycles. The number of anilines is 1. The molecule has 1 heterocycles. The Kier molecular flexibility index (Phi) is 8.48. The maximum absolute atomic E-state index is 12.7. The molecule has 0 aliphatic carbocycles. The SMILES string of the molecule is CCCOc1ccc(Br)cc1C(=O)NC(=S)Nc1ccc(OCC2CCCO2)cc1. The van der Waals surface area contributed by atoms with Crippen LogP contribution >= 0.6 is 28.1 Å². The lowest BCUT2D eigenvalue weighted by molar-refractivity contribution is 0.0679. The number of amides is 1. The molecule has 2 N–H and O–H groups in total. The van der Waals surface area contributed by atoms with E-state index in [2.05, 4.69) is 26.6 Å². The number of carbonyl (C=O) groups is 1. The summed E-state index contributed by atoms with van der Waals surface area (Å²) >= 11 is 8.68. The molecule has 2 aromatic rings. The van der Waals surface area contributed by atoms with Crippen LogP contribution in [0.5, 0.6) is 11.5 Å². The van der Waals surface area contributed by atoms with E-state index in [-0.39, 0.29) is 17.1 Å². The number of benzene rings is 2. The Bertz CT molecular complexity index is 870. The number of hydrogen-bond acceptors (Lipinski definition) is 5. The number of nitrogens with one attached hydrogen (secondary N) is 2. The van der Waals surface area contributed by atoms with Gasteiger partial charge in [-0.15, -0.1) is 0 Å². The lowest BCUT2D eigenvalue weighted by Crippen LogP contribution is -2.34. The first-order valence-corrected chi connectivity index (χ1v) is 11.1. The Hall–Kier alpha value is -2.16. The predicted molar refractivity (Wildman–Crippen MR) is 125 cm³/mol. The van der Waals surface area contributed by atoms with Gasteiger partial charge in [-0.3, -0.25) is 10.1 Å². The van der Waals surface area contributed by atoms with E-state index in [1.54, 1.807) is 12.1 Å². The summed E-state index contributed by atoms with van der Waals surface area (Å²) in [4.78, 5) is 12.7. The average molecular weight is 493 g/mol.